The number of thiophene rings is 1. The van der Waals surface area contributed by atoms with Gasteiger partial charge in [-0.05, 0) is 42.5 Å². The summed E-state index contributed by atoms with van der Waals surface area (Å²) in [6.07, 6.45) is 0.0322. The number of carbonyl (C=O) groups excluding carboxylic acids is 2. The van der Waals surface area contributed by atoms with Crippen LogP contribution in [0.5, 0.6) is 5.75 Å². The average Bonchev–Trinajstić information content (AvgIpc) is 3.09. The SMILES string of the molecule is CC[C@H]1Oc2ccc(C)cc2N(CC(=O)NCc2cccs2)C1=O. The molecule has 1 aliphatic rings. The third kappa shape index (κ3) is 3.43. The van der Waals surface area contributed by atoms with Gasteiger partial charge in [0.1, 0.15) is 12.3 Å². The van der Waals surface area contributed by atoms with E-state index >= 15 is 0 Å². The first kappa shape index (κ1) is 16.5. The van der Waals surface area contributed by atoms with E-state index in [9.17, 15) is 9.59 Å². The first-order chi connectivity index (χ1) is 11.6. The van der Waals surface area contributed by atoms with Crippen molar-refractivity contribution in [3.63, 3.8) is 0 Å². The molecule has 1 N–H and O–H groups in total. The van der Waals surface area contributed by atoms with Crippen molar-refractivity contribution in [2.45, 2.75) is 32.9 Å². The zero-order chi connectivity index (χ0) is 17.1. The molecule has 1 aliphatic heterocycles. The maximum Gasteiger partial charge on any atom is 0.268 e. The summed E-state index contributed by atoms with van der Waals surface area (Å²) in [5.74, 6) is 0.306. The normalized spacial score (nSPS) is 16.5. The van der Waals surface area contributed by atoms with Crippen LogP contribution in [0.25, 0.3) is 0 Å². The van der Waals surface area contributed by atoms with Gasteiger partial charge in [-0.1, -0.05) is 19.1 Å². The number of hydrogen-bond donors (Lipinski definition) is 1. The van der Waals surface area contributed by atoms with Gasteiger partial charge in [0.05, 0.1) is 12.2 Å². The van der Waals surface area contributed by atoms with E-state index in [0.717, 1.165) is 10.4 Å². The Labute approximate surface area is 145 Å². The second-order valence-corrected chi connectivity index (χ2v) is 6.80. The highest BCUT2D eigenvalue weighted by atomic mass is 32.1. The lowest BCUT2D eigenvalue weighted by Gasteiger charge is -2.33. The molecule has 0 unspecified atom stereocenters. The molecule has 0 saturated carbocycles. The van der Waals surface area contributed by atoms with Crippen LogP contribution in [0.1, 0.15) is 23.8 Å². The third-order valence-electron chi connectivity index (χ3n) is 3.93. The molecule has 1 aromatic carbocycles. The van der Waals surface area contributed by atoms with Crippen LogP contribution in [0.15, 0.2) is 35.7 Å². The minimum absolute atomic E-state index is 0.000518. The van der Waals surface area contributed by atoms with Gasteiger partial charge in [0.15, 0.2) is 6.10 Å². The number of rotatable bonds is 5. The fourth-order valence-corrected chi connectivity index (χ4v) is 3.30. The summed E-state index contributed by atoms with van der Waals surface area (Å²) in [5.41, 5.74) is 1.68. The molecule has 0 saturated heterocycles. The third-order valence-corrected chi connectivity index (χ3v) is 4.80. The minimum atomic E-state index is -0.537. The number of fused-ring (bicyclic) bond motifs is 1. The van der Waals surface area contributed by atoms with E-state index in [1.165, 1.54) is 4.90 Å². The number of benzene rings is 1. The van der Waals surface area contributed by atoms with Crippen LogP contribution in [0.4, 0.5) is 5.69 Å². The molecule has 1 atom stereocenters. The fourth-order valence-electron chi connectivity index (χ4n) is 2.65. The van der Waals surface area contributed by atoms with Gasteiger partial charge in [-0.2, -0.15) is 0 Å². The highest BCUT2D eigenvalue weighted by Gasteiger charge is 2.34. The number of nitrogens with zero attached hydrogens (tertiary/aromatic N) is 1. The van der Waals surface area contributed by atoms with Gasteiger partial charge in [0, 0.05) is 4.88 Å². The molecular formula is C18H20N2O3S. The number of aryl methyl sites for hydroxylation is 1. The number of anilines is 1. The monoisotopic (exact) mass is 344 g/mol. The summed E-state index contributed by atoms with van der Waals surface area (Å²) >= 11 is 1.59. The van der Waals surface area contributed by atoms with Crippen molar-refractivity contribution in [1.29, 1.82) is 0 Å². The number of nitrogens with one attached hydrogen (secondary N) is 1. The summed E-state index contributed by atoms with van der Waals surface area (Å²) in [4.78, 5) is 27.5. The van der Waals surface area contributed by atoms with Crippen molar-refractivity contribution in [3.05, 3.63) is 46.2 Å². The molecule has 5 nitrogen and oxygen atoms in total. The van der Waals surface area contributed by atoms with Crippen LogP contribution >= 0.6 is 11.3 Å². The number of amides is 2. The van der Waals surface area contributed by atoms with Crippen molar-refractivity contribution < 1.29 is 14.3 Å². The smallest absolute Gasteiger partial charge is 0.268 e. The maximum absolute atomic E-state index is 12.6. The standard InChI is InChI=1S/C18H20N2O3S/c1-3-15-18(22)20(14-9-12(2)6-7-16(14)23-15)11-17(21)19-10-13-5-4-8-24-13/h4-9,15H,3,10-11H2,1-2H3,(H,19,21)/t15-/m1/s1. The van der Waals surface area contributed by atoms with Gasteiger partial charge < -0.3 is 10.1 Å². The van der Waals surface area contributed by atoms with E-state index in [0.29, 0.717) is 24.4 Å². The van der Waals surface area contributed by atoms with Gasteiger partial charge in [-0.3, -0.25) is 14.5 Å². The first-order valence-electron chi connectivity index (χ1n) is 7.96. The number of hydrogen-bond acceptors (Lipinski definition) is 4. The van der Waals surface area contributed by atoms with Crippen molar-refractivity contribution in [2.75, 3.05) is 11.4 Å². The van der Waals surface area contributed by atoms with Crippen molar-refractivity contribution >= 4 is 28.8 Å². The lowest BCUT2D eigenvalue weighted by molar-refractivity contribution is -0.129. The zero-order valence-corrected chi connectivity index (χ0v) is 14.6. The molecule has 0 aliphatic carbocycles. The lowest BCUT2D eigenvalue weighted by atomic mass is 10.1. The van der Waals surface area contributed by atoms with Crippen LogP contribution in [0.3, 0.4) is 0 Å². The van der Waals surface area contributed by atoms with Gasteiger partial charge >= 0.3 is 0 Å². The largest absolute Gasteiger partial charge is 0.478 e. The fraction of sp³-hybridized carbons (Fsp3) is 0.333. The molecule has 1 aromatic heterocycles. The second kappa shape index (κ2) is 7.05. The van der Waals surface area contributed by atoms with Crippen LogP contribution in [0.2, 0.25) is 0 Å². The molecule has 0 radical (unpaired) electrons. The van der Waals surface area contributed by atoms with Gasteiger partial charge in [0.2, 0.25) is 5.91 Å². The summed E-state index contributed by atoms with van der Waals surface area (Å²) in [7, 11) is 0. The topological polar surface area (TPSA) is 58.6 Å². The summed E-state index contributed by atoms with van der Waals surface area (Å²) in [6, 6.07) is 9.59. The van der Waals surface area contributed by atoms with Gasteiger partial charge in [-0.15, -0.1) is 11.3 Å². The average molecular weight is 344 g/mol. The van der Waals surface area contributed by atoms with Crippen LogP contribution in [-0.2, 0) is 16.1 Å². The van der Waals surface area contributed by atoms with E-state index in [1.807, 2.05) is 49.6 Å². The predicted molar refractivity (Wildman–Crippen MR) is 94.4 cm³/mol. The molecule has 2 heterocycles. The maximum atomic E-state index is 12.6. The first-order valence-corrected chi connectivity index (χ1v) is 8.84. The van der Waals surface area contributed by atoms with E-state index in [-0.39, 0.29) is 18.4 Å². The Kier molecular flexibility index (Phi) is 4.85. The quantitative estimate of drug-likeness (QED) is 0.907. The van der Waals surface area contributed by atoms with Crippen LogP contribution < -0.4 is 15.0 Å². The zero-order valence-electron chi connectivity index (χ0n) is 13.7. The molecule has 0 bridgehead atoms. The van der Waals surface area contributed by atoms with Crippen molar-refractivity contribution in [3.8, 4) is 5.75 Å². The summed E-state index contributed by atoms with van der Waals surface area (Å²) in [6.45, 7) is 4.33. The predicted octanol–water partition coefficient (Wildman–Crippen LogP) is 2.88. The van der Waals surface area contributed by atoms with Crippen LogP contribution in [0, 0.1) is 6.92 Å². The number of ether oxygens (including phenoxy) is 1. The van der Waals surface area contributed by atoms with Gasteiger partial charge in [0.25, 0.3) is 5.91 Å². The second-order valence-electron chi connectivity index (χ2n) is 5.77. The molecule has 2 amide bonds. The molecule has 24 heavy (non-hydrogen) atoms. The van der Waals surface area contributed by atoms with Gasteiger partial charge in [-0.25, -0.2) is 0 Å². The van der Waals surface area contributed by atoms with Crippen molar-refractivity contribution in [1.82, 2.24) is 5.32 Å². The van der Waals surface area contributed by atoms with Crippen molar-refractivity contribution in [2.24, 2.45) is 0 Å². The Balaban J connectivity index is 1.76. The number of carbonyl (C=O) groups is 2. The Hall–Kier alpha value is -2.34. The Morgan fingerprint density at radius 2 is 2.21 bits per heavy atom. The molecule has 126 valence electrons. The minimum Gasteiger partial charge on any atom is -0.478 e. The Morgan fingerprint density at radius 3 is 2.92 bits per heavy atom. The Morgan fingerprint density at radius 1 is 1.38 bits per heavy atom. The molecular weight excluding hydrogens is 324 g/mol. The summed E-state index contributed by atoms with van der Waals surface area (Å²) in [5, 5.41) is 4.84. The molecule has 2 aromatic rings. The molecule has 0 spiro atoms. The van der Waals surface area contributed by atoms with E-state index in [4.69, 9.17) is 4.74 Å². The lowest BCUT2D eigenvalue weighted by Crippen LogP contribution is -2.49. The molecule has 0 fully saturated rings. The van der Waals surface area contributed by atoms with Crippen LogP contribution in [-0.4, -0.2) is 24.5 Å². The van der Waals surface area contributed by atoms with E-state index < -0.39 is 6.10 Å². The molecule has 3 rings (SSSR count). The summed E-state index contributed by atoms with van der Waals surface area (Å²) < 4.78 is 5.76. The highest BCUT2D eigenvalue weighted by molar-refractivity contribution is 7.09. The highest BCUT2D eigenvalue weighted by Crippen LogP contribution is 2.35. The van der Waals surface area contributed by atoms with E-state index in [1.54, 1.807) is 11.3 Å². The van der Waals surface area contributed by atoms with E-state index in [2.05, 4.69) is 5.32 Å². The molecule has 6 heteroatoms. The Bertz CT molecular complexity index is 743.